The lowest BCUT2D eigenvalue weighted by atomic mass is 10.2. The van der Waals surface area contributed by atoms with Crippen molar-refractivity contribution >= 4 is 0 Å². The number of ether oxygens (including phenoxy) is 1. The van der Waals surface area contributed by atoms with E-state index in [1.54, 1.807) is 6.20 Å². The minimum atomic E-state index is 0.346. The highest BCUT2D eigenvalue weighted by atomic mass is 16.5. The van der Waals surface area contributed by atoms with E-state index in [4.69, 9.17) is 4.74 Å². The highest BCUT2D eigenvalue weighted by Gasteiger charge is 2.20. The summed E-state index contributed by atoms with van der Waals surface area (Å²) in [5.74, 6) is 1.70. The van der Waals surface area contributed by atoms with Crippen molar-refractivity contribution in [1.29, 1.82) is 0 Å². The second kappa shape index (κ2) is 5.67. The SMILES string of the molecule is CC(C)n1cc(Oc2ccccc2CNC2CC2)cn1. The Balaban J connectivity index is 1.71. The van der Waals surface area contributed by atoms with Crippen LogP contribution >= 0.6 is 0 Å². The quantitative estimate of drug-likeness (QED) is 0.874. The smallest absolute Gasteiger partial charge is 0.165 e. The first-order chi connectivity index (χ1) is 9.72. The topological polar surface area (TPSA) is 39.1 Å². The number of rotatable bonds is 6. The zero-order chi connectivity index (χ0) is 13.9. The van der Waals surface area contributed by atoms with Gasteiger partial charge in [-0.2, -0.15) is 5.10 Å². The number of nitrogens with zero attached hydrogens (tertiary/aromatic N) is 2. The van der Waals surface area contributed by atoms with Gasteiger partial charge >= 0.3 is 0 Å². The Bertz CT molecular complexity index is 573. The second-order valence-electron chi connectivity index (χ2n) is 5.61. The zero-order valence-electron chi connectivity index (χ0n) is 12.0. The fourth-order valence-corrected chi connectivity index (χ4v) is 2.07. The lowest BCUT2D eigenvalue weighted by Gasteiger charge is -2.10. The van der Waals surface area contributed by atoms with Crippen LogP contribution in [-0.4, -0.2) is 15.8 Å². The molecule has 1 aliphatic carbocycles. The molecule has 2 aromatic rings. The molecule has 0 aliphatic heterocycles. The first-order valence-corrected chi connectivity index (χ1v) is 7.25. The summed E-state index contributed by atoms with van der Waals surface area (Å²) in [6.45, 7) is 5.06. The summed E-state index contributed by atoms with van der Waals surface area (Å²) in [6.07, 6.45) is 6.30. The molecule has 0 bridgehead atoms. The molecule has 1 saturated carbocycles. The molecule has 4 heteroatoms. The third-order valence-electron chi connectivity index (χ3n) is 3.47. The van der Waals surface area contributed by atoms with Crippen LogP contribution in [-0.2, 0) is 6.54 Å². The summed E-state index contributed by atoms with van der Waals surface area (Å²) in [5.41, 5.74) is 1.19. The van der Waals surface area contributed by atoms with Gasteiger partial charge in [0.25, 0.3) is 0 Å². The summed E-state index contributed by atoms with van der Waals surface area (Å²) in [5, 5.41) is 7.82. The van der Waals surface area contributed by atoms with Gasteiger partial charge in [-0.15, -0.1) is 0 Å². The van der Waals surface area contributed by atoms with Crippen molar-refractivity contribution in [2.24, 2.45) is 0 Å². The Labute approximate surface area is 119 Å². The highest BCUT2D eigenvalue weighted by molar-refractivity contribution is 5.36. The molecule has 4 nitrogen and oxygen atoms in total. The van der Waals surface area contributed by atoms with E-state index in [1.165, 1.54) is 18.4 Å². The van der Waals surface area contributed by atoms with Crippen LogP contribution < -0.4 is 10.1 Å². The van der Waals surface area contributed by atoms with Crippen LogP contribution in [0.5, 0.6) is 11.5 Å². The lowest BCUT2D eigenvalue weighted by molar-refractivity contribution is 0.468. The molecule has 106 valence electrons. The Morgan fingerprint density at radius 2 is 2.15 bits per heavy atom. The number of nitrogens with one attached hydrogen (secondary N) is 1. The molecular weight excluding hydrogens is 250 g/mol. The maximum Gasteiger partial charge on any atom is 0.165 e. The fourth-order valence-electron chi connectivity index (χ4n) is 2.07. The van der Waals surface area contributed by atoms with Gasteiger partial charge in [0, 0.05) is 24.2 Å². The molecule has 0 radical (unpaired) electrons. The van der Waals surface area contributed by atoms with Crippen molar-refractivity contribution in [2.75, 3.05) is 0 Å². The molecule has 20 heavy (non-hydrogen) atoms. The molecule has 1 fully saturated rings. The monoisotopic (exact) mass is 271 g/mol. The minimum Gasteiger partial charge on any atom is -0.454 e. The van der Waals surface area contributed by atoms with E-state index in [0.717, 1.165) is 18.0 Å². The van der Waals surface area contributed by atoms with E-state index in [1.807, 2.05) is 29.1 Å². The van der Waals surface area contributed by atoms with E-state index in [9.17, 15) is 0 Å². The summed E-state index contributed by atoms with van der Waals surface area (Å²) < 4.78 is 7.87. The second-order valence-corrected chi connectivity index (χ2v) is 5.61. The predicted octanol–water partition coefficient (Wildman–Crippen LogP) is 3.51. The minimum absolute atomic E-state index is 0.346. The summed E-state index contributed by atoms with van der Waals surface area (Å²) >= 11 is 0. The van der Waals surface area contributed by atoms with Crippen molar-refractivity contribution < 1.29 is 4.74 Å². The molecule has 1 aliphatic rings. The van der Waals surface area contributed by atoms with E-state index in [2.05, 4.69) is 30.3 Å². The maximum atomic E-state index is 5.97. The van der Waals surface area contributed by atoms with Gasteiger partial charge in [0.1, 0.15) is 5.75 Å². The summed E-state index contributed by atoms with van der Waals surface area (Å²) in [6, 6.07) is 9.22. The molecule has 0 spiro atoms. The van der Waals surface area contributed by atoms with Crippen molar-refractivity contribution in [3.8, 4) is 11.5 Å². The molecule has 0 amide bonds. The molecule has 0 unspecified atom stereocenters. The Kier molecular flexibility index (Phi) is 3.74. The number of hydrogen-bond donors (Lipinski definition) is 1. The molecule has 0 atom stereocenters. The van der Waals surface area contributed by atoms with Crippen molar-refractivity contribution in [1.82, 2.24) is 15.1 Å². The Hall–Kier alpha value is -1.81. The molecule has 3 rings (SSSR count). The van der Waals surface area contributed by atoms with Gasteiger partial charge in [-0.25, -0.2) is 0 Å². The van der Waals surface area contributed by atoms with Crippen LogP contribution in [0.2, 0.25) is 0 Å². The van der Waals surface area contributed by atoms with Crippen LogP contribution in [0, 0.1) is 0 Å². The number of benzene rings is 1. The molecule has 1 N–H and O–H groups in total. The summed E-state index contributed by atoms with van der Waals surface area (Å²) in [7, 11) is 0. The van der Waals surface area contributed by atoms with Crippen molar-refractivity contribution in [3.05, 3.63) is 42.2 Å². The molecule has 1 aromatic carbocycles. The first-order valence-electron chi connectivity index (χ1n) is 7.25. The lowest BCUT2D eigenvalue weighted by Crippen LogP contribution is -2.15. The Morgan fingerprint density at radius 1 is 1.35 bits per heavy atom. The molecule has 0 saturated heterocycles. The van der Waals surface area contributed by atoms with E-state index >= 15 is 0 Å². The van der Waals surface area contributed by atoms with Crippen LogP contribution in [0.4, 0.5) is 0 Å². The van der Waals surface area contributed by atoms with Gasteiger partial charge in [-0.1, -0.05) is 18.2 Å². The van der Waals surface area contributed by atoms with Gasteiger partial charge in [0.05, 0.1) is 12.4 Å². The van der Waals surface area contributed by atoms with Gasteiger partial charge in [0.2, 0.25) is 0 Å². The van der Waals surface area contributed by atoms with Crippen LogP contribution in [0.3, 0.4) is 0 Å². The predicted molar refractivity (Wildman–Crippen MR) is 79.0 cm³/mol. The molecular formula is C16H21N3O. The number of aromatic nitrogens is 2. The maximum absolute atomic E-state index is 5.97. The van der Waals surface area contributed by atoms with E-state index < -0.39 is 0 Å². The van der Waals surface area contributed by atoms with Gasteiger partial charge < -0.3 is 10.1 Å². The van der Waals surface area contributed by atoms with Crippen molar-refractivity contribution in [3.63, 3.8) is 0 Å². The Morgan fingerprint density at radius 3 is 2.85 bits per heavy atom. The van der Waals surface area contributed by atoms with Crippen LogP contribution in [0.1, 0.15) is 38.3 Å². The largest absolute Gasteiger partial charge is 0.454 e. The fraction of sp³-hybridized carbons (Fsp3) is 0.438. The average Bonchev–Trinajstić information content (AvgIpc) is 3.15. The molecule has 1 heterocycles. The zero-order valence-corrected chi connectivity index (χ0v) is 12.0. The van der Waals surface area contributed by atoms with E-state index in [-0.39, 0.29) is 0 Å². The van der Waals surface area contributed by atoms with E-state index in [0.29, 0.717) is 12.1 Å². The van der Waals surface area contributed by atoms with Gasteiger partial charge in [0.15, 0.2) is 5.75 Å². The summed E-state index contributed by atoms with van der Waals surface area (Å²) in [4.78, 5) is 0. The first kappa shape index (κ1) is 13.2. The number of para-hydroxylation sites is 1. The molecule has 1 aromatic heterocycles. The van der Waals surface area contributed by atoms with Crippen LogP contribution in [0.15, 0.2) is 36.7 Å². The van der Waals surface area contributed by atoms with Crippen molar-refractivity contribution in [2.45, 2.75) is 45.3 Å². The highest BCUT2D eigenvalue weighted by Crippen LogP contribution is 2.27. The third-order valence-corrected chi connectivity index (χ3v) is 3.47. The van der Waals surface area contributed by atoms with Gasteiger partial charge in [-0.3, -0.25) is 4.68 Å². The average molecular weight is 271 g/mol. The normalized spacial score (nSPS) is 14.8. The van der Waals surface area contributed by atoms with Gasteiger partial charge in [-0.05, 0) is 32.8 Å². The standard InChI is InChI=1S/C16H21N3O/c1-12(2)19-11-15(10-18-19)20-16-6-4-3-5-13(16)9-17-14-7-8-14/h3-6,10-12,14,17H,7-9H2,1-2H3. The third kappa shape index (κ3) is 3.20. The number of hydrogen-bond acceptors (Lipinski definition) is 3. The van der Waals surface area contributed by atoms with Crippen LogP contribution in [0.25, 0.3) is 0 Å².